The fourth-order valence-electron chi connectivity index (χ4n) is 1.55. The molecule has 94 valence electrons. The molecule has 0 saturated carbocycles. The van der Waals surface area contributed by atoms with Gasteiger partial charge in [-0.3, -0.25) is 0 Å². The van der Waals surface area contributed by atoms with Gasteiger partial charge in [0.25, 0.3) is 0 Å². The minimum atomic E-state index is -4.43. The number of rotatable bonds is 1. The Morgan fingerprint density at radius 1 is 1.06 bits per heavy atom. The van der Waals surface area contributed by atoms with Gasteiger partial charge in [-0.15, -0.1) is 0 Å². The lowest BCUT2D eigenvalue weighted by Crippen LogP contribution is -2.08. The van der Waals surface area contributed by atoms with Gasteiger partial charge in [0, 0.05) is 17.5 Å². The molecule has 0 aliphatic carbocycles. The minimum absolute atomic E-state index is 0.112. The fraction of sp³-hybridized carbons (Fsp3) is 0.0769. The Labute approximate surface area is 102 Å². The van der Waals surface area contributed by atoms with Crippen LogP contribution in [0, 0.1) is 0 Å². The summed E-state index contributed by atoms with van der Waals surface area (Å²) in [5.41, 5.74) is -0.278. The van der Waals surface area contributed by atoms with Crippen molar-refractivity contribution in [3.05, 3.63) is 59.8 Å². The summed E-state index contributed by atoms with van der Waals surface area (Å²) < 4.78 is 37.8. The van der Waals surface area contributed by atoms with E-state index < -0.39 is 11.7 Å². The van der Waals surface area contributed by atoms with Crippen molar-refractivity contribution < 1.29 is 18.3 Å². The van der Waals surface area contributed by atoms with Crippen LogP contribution in [0.15, 0.2) is 48.7 Å². The lowest BCUT2D eigenvalue weighted by molar-refractivity contribution is -0.137. The zero-order chi connectivity index (χ0) is 13.2. The van der Waals surface area contributed by atoms with Crippen LogP contribution in [0.3, 0.4) is 0 Å². The molecule has 0 bridgehead atoms. The molecule has 0 aromatic heterocycles. The summed E-state index contributed by atoms with van der Waals surface area (Å²) in [6, 6.07) is 2.81. The topological polar surface area (TPSA) is 32.3 Å². The molecule has 1 aliphatic rings. The van der Waals surface area contributed by atoms with E-state index in [1.54, 1.807) is 30.5 Å². The minimum Gasteiger partial charge on any atom is -0.507 e. The Hall–Kier alpha value is -2.17. The van der Waals surface area contributed by atoms with Crippen LogP contribution in [0.1, 0.15) is 11.1 Å². The normalized spacial score (nSPS) is 14.9. The van der Waals surface area contributed by atoms with Crippen molar-refractivity contribution in [3.8, 4) is 5.75 Å². The zero-order valence-corrected chi connectivity index (χ0v) is 9.20. The largest absolute Gasteiger partial charge is 0.507 e. The monoisotopic (exact) mass is 253 g/mol. The van der Waals surface area contributed by atoms with Crippen molar-refractivity contribution >= 4 is 5.70 Å². The smallest absolute Gasteiger partial charge is 0.416 e. The molecule has 1 aliphatic heterocycles. The molecule has 2 rings (SSSR count). The molecule has 0 radical (unpaired) electrons. The van der Waals surface area contributed by atoms with Gasteiger partial charge in [0.2, 0.25) is 0 Å². The van der Waals surface area contributed by atoms with Gasteiger partial charge in [-0.2, -0.15) is 13.2 Å². The molecule has 2 nitrogen and oxygen atoms in total. The number of phenolic OH excluding ortho intramolecular Hbond substituents is 1. The second-order valence-electron chi connectivity index (χ2n) is 3.70. The van der Waals surface area contributed by atoms with Crippen LogP contribution in [-0.2, 0) is 6.18 Å². The van der Waals surface area contributed by atoms with E-state index in [2.05, 4.69) is 5.32 Å². The number of hydrogen-bond acceptors (Lipinski definition) is 2. The molecule has 0 spiro atoms. The quantitative estimate of drug-likeness (QED) is 0.803. The first-order valence-electron chi connectivity index (χ1n) is 5.19. The van der Waals surface area contributed by atoms with E-state index in [9.17, 15) is 18.3 Å². The van der Waals surface area contributed by atoms with Crippen molar-refractivity contribution in [3.63, 3.8) is 0 Å². The van der Waals surface area contributed by atoms with E-state index in [0.29, 0.717) is 5.70 Å². The van der Waals surface area contributed by atoms with Crippen LogP contribution in [0.4, 0.5) is 13.2 Å². The first-order valence-corrected chi connectivity index (χ1v) is 5.19. The highest BCUT2D eigenvalue weighted by Crippen LogP contribution is 2.34. The number of aromatic hydroxyl groups is 1. The maximum absolute atomic E-state index is 12.6. The number of alkyl halides is 3. The molecule has 0 fully saturated rings. The standard InChI is InChI=1S/C13H10F3NO/c14-13(15,16)9-5-6-12(18)10(8-9)11-4-2-1-3-7-17-11/h1-8,17-18H. The molecule has 18 heavy (non-hydrogen) atoms. The van der Waals surface area contributed by atoms with Gasteiger partial charge in [-0.25, -0.2) is 0 Å². The average molecular weight is 253 g/mol. The summed E-state index contributed by atoms with van der Waals surface area (Å²) in [4.78, 5) is 0. The van der Waals surface area contributed by atoms with E-state index in [-0.39, 0.29) is 11.3 Å². The molecule has 1 heterocycles. The Balaban J connectivity index is 2.47. The van der Waals surface area contributed by atoms with E-state index in [1.807, 2.05) is 0 Å². The number of benzene rings is 1. The third-order valence-electron chi connectivity index (χ3n) is 2.43. The van der Waals surface area contributed by atoms with Gasteiger partial charge in [-0.05, 0) is 30.4 Å². The third-order valence-corrected chi connectivity index (χ3v) is 2.43. The fourth-order valence-corrected chi connectivity index (χ4v) is 1.55. The molecule has 0 unspecified atom stereocenters. The second-order valence-corrected chi connectivity index (χ2v) is 3.70. The van der Waals surface area contributed by atoms with E-state index in [1.165, 1.54) is 0 Å². The molecule has 1 aromatic rings. The molecule has 0 saturated heterocycles. The Morgan fingerprint density at radius 3 is 2.56 bits per heavy atom. The van der Waals surface area contributed by atoms with Crippen molar-refractivity contribution in [2.75, 3.05) is 0 Å². The van der Waals surface area contributed by atoms with Crippen LogP contribution in [-0.4, -0.2) is 5.11 Å². The van der Waals surface area contributed by atoms with Crippen LogP contribution in [0.25, 0.3) is 5.70 Å². The van der Waals surface area contributed by atoms with Crippen LogP contribution in [0.5, 0.6) is 5.75 Å². The Kier molecular flexibility index (Phi) is 3.14. The predicted octanol–water partition coefficient (Wildman–Crippen LogP) is 3.43. The van der Waals surface area contributed by atoms with Gasteiger partial charge in [0.1, 0.15) is 5.75 Å². The highest BCUT2D eigenvalue weighted by atomic mass is 19.4. The number of halogens is 3. The second kappa shape index (κ2) is 4.60. The van der Waals surface area contributed by atoms with Crippen LogP contribution >= 0.6 is 0 Å². The third kappa shape index (κ3) is 2.56. The van der Waals surface area contributed by atoms with E-state index in [4.69, 9.17) is 0 Å². The van der Waals surface area contributed by atoms with Gasteiger partial charge >= 0.3 is 6.18 Å². The van der Waals surface area contributed by atoms with Gasteiger partial charge in [0.15, 0.2) is 0 Å². The van der Waals surface area contributed by atoms with E-state index in [0.717, 1.165) is 18.2 Å². The summed E-state index contributed by atoms with van der Waals surface area (Å²) >= 11 is 0. The molecule has 0 amide bonds. The Morgan fingerprint density at radius 2 is 1.83 bits per heavy atom. The SMILES string of the molecule is Oc1ccc(C(F)(F)F)cc1C1=CC=CC=CN1. The molecular formula is C13H10F3NO. The number of phenols is 1. The number of allylic oxidation sites excluding steroid dienone is 4. The number of nitrogens with one attached hydrogen (secondary N) is 1. The van der Waals surface area contributed by atoms with Crippen molar-refractivity contribution in [2.45, 2.75) is 6.18 Å². The van der Waals surface area contributed by atoms with Crippen molar-refractivity contribution in [1.29, 1.82) is 0 Å². The summed E-state index contributed by atoms with van der Waals surface area (Å²) in [6.45, 7) is 0. The molecule has 5 heteroatoms. The lowest BCUT2D eigenvalue weighted by atomic mass is 10.1. The summed E-state index contributed by atoms with van der Waals surface area (Å²) in [5, 5.41) is 12.5. The van der Waals surface area contributed by atoms with Gasteiger partial charge < -0.3 is 10.4 Å². The average Bonchev–Trinajstić information content (AvgIpc) is 2.56. The maximum Gasteiger partial charge on any atom is 0.416 e. The summed E-state index contributed by atoms with van der Waals surface area (Å²) in [6.07, 6.45) is 3.84. The molecular weight excluding hydrogens is 243 g/mol. The van der Waals surface area contributed by atoms with E-state index >= 15 is 0 Å². The highest BCUT2D eigenvalue weighted by molar-refractivity contribution is 5.72. The summed E-state index contributed by atoms with van der Waals surface area (Å²) in [5.74, 6) is -0.203. The van der Waals surface area contributed by atoms with Crippen LogP contribution in [0.2, 0.25) is 0 Å². The molecule has 2 N–H and O–H groups in total. The maximum atomic E-state index is 12.6. The Bertz CT molecular complexity index is 542. The lowest BCUT2D eigenvalue weighted by Gasteiger charge is -2.12. The van der Waals surface area contributed by atoms with Crippen LogP contribution < -0.4 is 5.32 Å². The van der Waals surface area contributed by atoms with Crippen molar-refractivity contribution in [2.24, 2.45) is 0 Å². The predicted molar refractivity (Wildman–Crippen MR) is 62.5 cm³/mol. The van der Waals surface area contributed by atoms with Gasteiger partial charge in [-0.1, -0.05) is 12.2 Å². The van der Waals surface area contributed by atoms with Crippen molar-refractivity contribution in [1.82, 2.24) is 5.32 Å². The summed E-state index contributed by atoms with van der Waals surface area (Å²) in [7, 11) is 0. The first kappa shape index (κ1) is 12.3. The highest BCUT2D eigenvalue weighted by Gasteiger charge is 2.31. The first-order chi connectivity index (χ1) is 8.48. The molecule has 0 atom stereocenters. The van der Waals surface area contributed by atoms with Gasteiger partial charge in [0.05, 0.1) is 5.56 Å². The zero-order valence-electron chi connectivity index (χ0n) is 9.20. The molecule has 1 aromatic carbocycles. The number of hydrogen-bond donors (Lipinski definition) is 2.